The van der Waals surface area contributed by atoms with Gasteiger partial charge in [0.2, 0.25) is 0 Å². The Morgan fingerprint density at radius 3 is 2.23 bits per heavy atom. The Kier molecular flexibility index (Phi) is 11.3. The zero-order valence-corrected chi connectivity index (χ0v) is 33.6. The van der Waals surface area contributed by atoms with Gasteiger partial charge in [-0.05, 0) is 53.9 Å². The van der Waals surface area contributed by atoms with E-state index >= 15 is 0 Å². The van der Waals surface area contributed by atoms with E-state index < -0.39 is 28.8 Å². The van der Waals surface area contributed by atoms with E-state index in [4.69, 9.17) is 27.5 Å². The molecule has 9 unspecified atom stereocenters. The third-order valence-electron chi connectivity index (χ3n) is 11.4. The molecule has 1 spiro atoms. The summed E-state index contributed by atoms with van der Waals surface area (Å²) in [5.41, 5.74) is 0. The molecule has 0 aliphatic carbocycles. The van der Waals surface area contributed by atoms with Crippen molar-refractivity contribution in [3.05, 3.63) is 24.4 Å². The Bertz CT molecular complexity index is 1200. The highest BCUT2D eigenvalue weighted by Gasteiger charge is 2.64. The maximum Gasteiger partial charge on any atom is 0.349 e. The second-order valence-electron chi connectivity index (χ2n) is 16.7. The van der Waals surface area contributed by atoms with Crippen LogP contribution in [-0.4, -0.2) is 76.0 Å². The molecule has 5 heterocycles. The minimum Gasteiger partial charge on any atom is -0.411 e. The molecule has 4 fully saturated rings. The van der Waals surface area contributed by atoms with E-state index in [9.17, 15) is 4.79 Å². The van der Waals surface area contributed by atoms with Crippen LogP contribution in [0.25, 0.3) is 0 Å². The lowest BCUT2D eigenvalue weighted by molar-refractivity contribution is -0.375. The maximum atomic E-state index is 13.6. The number of fused-ring (bicyclic) bond motifs is 2. The van der Waals surface area contributed by atoms with E-state index in [-0.39, 0.29) is 64.0 Å². The first kappa shape index (κ1) is 37.6. The number of pyridine rings is 1. The molecule has 8 nitrogen and oxygen atoms in total. The number of carbonyl (C=O) groups excluding carboxylic acids is 1. The van der Waals surface area contributed by atoms with E-state index in [2.05, 4.69) is 81.1 Å². The number of aromatic nitrogens is 1. The van der Waals surface area contributed by atoms with E-state index in [1.807, 2.05) is 18.2 Å². The monoisotopic (exact) mass is 707 g/mol. The number of ether oxygens (including phenoxy) is 3. The molecule has 11 heteroatoms. The molecule has 0 radical (unpaired) electrons. The Morgan fingerprint density at radius 1 is 0.979 bits per heavy atom. The van der Waals surface area contributed by atoms with Gasteiger partial charge in [-0.2, -0.15) is 0 Å². The van der Waals surface area contributed by atoms with Gasteiger partial charge in [0.1, 0.15) is 11.1 Å². The first-order chi connectivity index (χ1) is 22.0. The molecule has 9 atom stereocenters. The number of rotatable bonds is 8. The Hall–Kier alpha value is -0.636. The van der Waals surface area contributed by atoms with Crippen molar-refractivity contribution in [1.82, 2.24) is 4.98 Å². The van der Waals surface area contributed by atoms with Crippen LogP contribution >= 0.6 is 11.8 Å². The first-order valence-corrected chi connectivity index (χ1v) is 23.3. The highest BCUT2D eigenvalue weighted by Crippen LogP contribution is 2.56. The van der Waals surface area contributed by atoms with Crippen LogP contribution in [0.15, 0.2) is 29.4 Å². The normalized spacial score (nSPS) is 36.1. The predicted octanol–water partition coefficient (Wildman–Crippen LogP) is 8.64. The van der Waals surface area contributed by atoms with Crippen molar-refractivity contribution in [2.75, 3.05) is 6.61 Å². The number of carbonyl (C=O) groups is 1. The van der Waals surface area contributed by atoms with Gasteiger partial charge in [-0.3, -0.25) is 4.79 Å². The molecule has 4 aliphatic rings. The highest BCUT2D eigenvalue weighted by atomic mass is 32.2. The van der Waals surface area contributed by atoms with Crippen LogP contribution in [0.1, 0.15) is 102 Å². The molecule has 47 heavy (non-hydrogen) atoms. The summed E-state index contributed by atoms with van der Waals surface area (Å²) in [6, 6.07) is 8.80. The highest BCUT2D eigenvalue weighted by molar-refractivity contribution is 8.13. The average Bonchev–Trinajstić information content (AvgIpc) is 2.99. The van der Waals surface area contributed by atoms with Gasteiger partial charge in [0.15, 0.2) is 19.2 Å². The fraction of sp³-hybridized carbons (Fsp3) is 0.833. The van der Waals surface area contributed by atoms with Crippen LogP contribution in [-0.2, 0) is 32.3 Å². The summed E-state index contributed by atoms with van der Waals surface area (Å²) in [4.78, 5) is 17.9. The molecule has 0 amide bonds. The second kappa shape index (κ2) is 14.2. The standard InChI is InChI=1S/C36H61NO7SSi2/c1-12-46(13-2,14-3)44-33-25(5)22-36(42-28(33)20-31(38)45-30-17-15-16-18-37-30)21-24(4)32-27(41-36)19-26-29(40-32)23-39-47(43-26,34(6,7)8)35(9,10)11/h15-18,24-29,32-33H,12-14,19-23H2,1-11H3. The summed E-state index contributed by atoms with van der Waals surface area (Å²) in [7, 11) is -4.63. The minimum absolute atomic E-state index is 0.0372. The number of thioether (sulfide) groups is 1. The molecule has 0 aromatic carbocycles. The van der Waals surface area contributed by atoms with Crippen molar-refractivity contribution >= 4 is 33.8 Å². The molecule has 4 saturated heterocycles. The van der Waals surface area contributed by atoms with Gasteiger partial charge < -0.3 is 27.5 Å². The van der Waals surface area contributed by atoms with Gasteiger partial charge >= 0.3 is 8.56 Å². The quantitative estimate of drug-likeness (QED) is 0.195. The third kappa shape index (κ3) is 7.54. The van der Waals surface area contributed by atoms with Gasteiger partial charge in [-0.25, -0.2) is 4.98 Å². The van der Waals surface area contributed by atoms with Crippen LogP contribution in [0, 0.1) is 11.8 Å². The van der Waals surface area contributed by atoms with Crippen LogP contribution in [0.2, 0.25) is 28.2 Å². The fourth-order valence-corrected chi connectivity index (χ4v) is 17.7. The second-order valence-corrected chi connectivity index (χ2v) is 27.3. The summed E-state index contributed by atoms with van der Waals surface area (Å²) >= 11 is 1.19. The predicted molar refractivity (Wildman–Crippen MR) is 191 cm³/mol. The Balaban J connectivity index is 1.39. The Morgan fingerprint density at radius 2 is 1.64 bits per heavy atom. The summed E-state index contributed by atoms with van der Waals surface area (Å²) in [5, 5.41) is 0.531. The smallest absolute Gasteiger partial charge is 0.349 e. The summed E-state index contributed by atoms with van der Waals surface area (Å²) in [6.07, 6.45) is 3.19. The first-order valence-electron chi connectivity index (χ1n) is 18.1. The van der Waals surface area contributed by atoms with Crippen molar-refractivity contribution in [2.45, 2.75) is 177 Å². The van der Waals surface area contributed by atoms with Crippen LogP contribution in [0.5, 0.6) is 0 Å². The zero-order chi connectivity index (χ0) is 34.4. The number of nitrogens with zero attached hydrogens (tertiary/aromatic N) is 1. The molecular weight excluding hydrogens is 647 g/mol. The van der Waals surface area contributed by atoms with Crippen molar-refractivity contribution in [1.29, 1.82) is 0 Å². The maximum absolute atomic E-state index is 13.6. The number of hydrogen-bond donors (Lipinski definition) is 0. The third-order valence-corrected chi connectivity index (χ3v) is 22.0. The molecule has 0 N–H and O–H groups in total. The van der Waals surface area contributed by atoms with Crippen LogP contribution in [0.4, 0.5) is 0 Å². The molecule has 1 aromatic rings. The summed E-state index contributed by atoms with van der Waals surface area (Å²) < 4.78 is 42.0. The average molecular weight is 708 g/mol. The van der Waals surface area contributed by atoms with E-state index in [0.29, 0.717) is 18.1 Å². The lowest BCUT2D eigenvalue weighted by Crippen LogP contribution is -2.69. The van der Waals surface area contributed by atoms with Crippen molar-refractivity contribution in [2.24, 2.45) is 11.8 Å². The lowest BCUT2D eigenvalue weighted by Gasteiger charge is -2.60. The van der Waals surface area contributed by atoms with E-state index in [1.54, 1.807) is 6.20 Å². The van der Waals surface area contributed by atoms with E-state index in [1.165, 1.54) is 11.8 Å². The minimum atomic E-state index is -2.66. The topological polar surface area (TPSA) is 85.3 Å². The lowest BCUT2D eigenvalue weighted by atomic mass is 9.78. The molecule has 4 aliphatic heterocycles. The SMILES string of the molecule is CC[Si](CC)(CC)OC1C(C)CC2(CC(C)C3OC4CO[Si](C(C)(C)C)(C(C)(C)C)OC4CC3O2)OC1CC(=O)Sc1ccccn1. The fourth-order valence-electron chi connectivity index (χ4n) is 9.01. The molecule has 5 rings (SSSR count). The van der Waals surface area contributed by atoms with Gasteiger partial charge in [0.05, 0.1) is 37.1 Å². The summed E-state index contributed by atoms with van der Waals surface area (Å²) in [5.74, 6) is -0.428. The van der Waals surface area contributed by atoms with E-state index in [0.717, 1.165) is 31.0 Å². The molecule has 1 aromatic heterocycles. The zero-order valence-electron chi connectivity index (χ0n) is 30.8. The van der Waals surface area contributed by atoms with Gasteiger partial charge in [0, 0.05) is 42.0 Å². The number of hydrogen-bond acceptors (Lipinski definition) is 9. The Labute approximate surface area is 290 Å². The van der Waals surface area contributed by atoms with Gasteiger partial charge in [0.25, 0.3) is 0 Å². The molecular formula is C36H61NO7SSi2. The van der Waals surface area contributed by atoms with Crippen molar-refractivity contribution in [3.63, 3.8) is 0 Å². The molecule has 0 saturated carbocycles. The largest absolute Gasteiger partial charge is 0.411 e. The van der Waals surface area contributed by atoms with Crippen molar-refractivity contribution < 1.29 is 32.3 Å². The van der Waals surface area contributed by atoms with Gasteiger partial charge in [-0.1, -0.05) is 82.2 Å². The summed E-state index contributed by atoms with van der Waals surface area (Å²) in [6.45, 7) is 25.4. The van der Waals surface area contributed by atoms with Crippen LogP contribution in [0.3, 0.4) is 0 Å². The van der Waals surface area contributed by atoms with Crippen LogP contribution < -0.4 is 0 Å². The molecule has 266 valence electrons. The van der Waals surface area contributed by atoms with Crippen molar-refractivity contribution in [3.8, 4) is 0 Å². The molecule has 0 bridgehead atoms. The van der Waals surface area contributed by atoms with Gasteiger partial charge in [-0.15, -0.1) is 0 Å².